The van der Waals surface area contributed by atoms with Crippen LogP contribution in [0.15, 0.2) is 47.4 Å². The molecule has 0 aliphatic carbocycles. The lowest BCUT2D eigenvalue weighted by molar-refractivity contribution is -0.125. The van der Waals surface area contributed by atoms with Crippen LogP contribution in [0.5, 0.6) is 0 Å². The standard InChI is InChI=1S/C25H27FN4O4S/c1-16-8-9-21(22(26)11-16)17(2)28-24(31)23-7-4-10-30(23)25(32)19-5-3-6-20(12-19)35(33,34)29-14-18(13-27)15-29/h3,5-6,8-9,11-12,17-18,23H,4,7,10,14-15H2,1-2H3,(H,28,31)/t17-,23-/m1/s1. The van der Waals surface area contributed by atoms with Gasteiger partial charge in [-0.1, -0.05) is 18.2 Å². The van der Waals surface area contributed by atoms with Crippen LogP contribution in [0.4, 0.5) is 4.39 Å². The number of rotatable bonds is 6. The predicted octanol–water partition coefficient (Wildman–Crippen LogP) is 2.76. The van der Waals surface area contributed by atoms with Crippen LogP contribution in [0, 0.1) is 30.0 Å². The summed E-state index contributed by atoms with van der Waals surface area (Å²) < 4.78 is 41.2. The molecule has 10 heteroatoms. The second-order valence-electron chi connectivity index (χ2n) is 9.09. The van der Waals surface area contributed by atoms with Gasteiger partial charge in [-0.25, -0.2) is 12.8 Å². The third kappa shape index (κ3) is 4.92. The molecule has 0 bridgehead atoms. The number of likely N-dealkylation sites (tertiary alicyclic amines) is 1. The van der Waals surface area contributed by atoms with Crippen molar-refractivity contribution in [2.45, 2.75) is 43.7 Å². The zero-order valence-electron chi connectivity index (χ0n) is 19.6. The number of nitrogens with one attached hydrogen (secondary N) is 1. The highest BCUT2D eigenvalue weighted by Gasteiger charge is 2.38. The Morgan fingerprint density at radius 3 is 2.63 bits per heavy atom. The normalized spacial score (nSPS) is 19.6. The fraction of sp³-hybridized carbons (Fsp3) is 0.400. The highest BCUT2D eigenvalue weighted by molar-refractivity contribution is 7.89. The Hall–Kier alpha value is -3.29. The van der Waals surface area contributed by atoms with E-state index in [0.717, 1.165) is 5.56 Å². The largest absolute Gasteiger partial charge is 0.348 e. The first-order valence-corrected chi connectivity index (χ1v) is 12.9. The van der Waals surface area contributed by atoms with E-state index in [9.17, 15) is 22.4 Å². The van der Waals surface area contributed by atoms with Crippen molar-refractivity contribution in [3.63, 3.8) is 0 Å². The molecule has 2 heterocycles. The van der Waals surface area contributed by atoms with E-state index in [4.69, 9.17) is 5.26 Å². The Bertz CT molecular complexity index is 1300. The molecule has 0 spiro atoms. The number of amides is 2. The summed E-state index contributed by atoms with van der Waals surface area (Å²) in [4.78, 5) is 27.7. The number of hydrogen-bond donors (Lipinski definition) is 1. The molecule has 4 rings (SSSR count). The zero-order chi connectivity index (χ0) is 25.3. The number of halogens is 1. The van der Waals surface area contributed by atoms with Crippen molar-refractivity contribution in [1.29, 1.82) is 5.26 Å². The Morgan fingerprint density at radius 1 is 1.20 bits per heavy atom. The minimum absolute atomic E-state index is 0.0246. The van der Waals surface area contributed by atoms with E-state index in [2.05, 4.69) is 5.32 Å². The van der Waals surface area contributed by atoms with E-state index in [-0.39, 0.29) is 35.4 Å². The monoisotopic (exact) mass is 498 g/mol. The van der Waals surface area contributed by atoms with E-state index in [0.29, 0.717) is 24.9 Å². The van der Waals surface area contributed by atoms with Gasteiger partial charge >= 0.3 is 0 Å². The second-order valence-corrected chi connectivity index (χ2v) is 11.0. The molecule has 2 atom stereocenters. The number of nitrogens with zero attached hydrogens (tertiary/aromatic N) is 3. The fourth-order valence-corrected chi connectivity index (χ4v) is 6.05. The molecule has 0 saturated carbocycles. The van der Waals surface area contributed by atoms with Gasteiger partial charge in [0.05, 0.1) is 22.9 Å². The van der Waals surface area contributed by atoms with Gasteiger partial charge in [-0.15, -0.1) is 0 Å². The second kappa shape index (κ2) is 9.76. The minimum atomic E-state index is -3.81. The SMILES string of the molecule is Cc1ccc([C@@H](C)NC(=O)[C@H]2CCCN2C(=O)c2cccc(S(=O)(=O)N3CC(C#N)C3)c2)c(F)c1. The lowest BCUT2D eigenvalue weighted by Gasteiger charge is -2.34. The van der Waals surface area contributed by atoms with Crippen LogP contribution in [0.2, 0.25) is 0 Å². The molecule has 2 amide bonds. The van der Waals surface area contributed by atoms with E-state index in [1.165, 1.54) is 39.5 Å². The van der Waals surface area contributed by atoms with Gasteiger partial charge in [0.1, 0.15) is 11.9 Å². The molecule has 0 unspecified atom stereocenters. The van der Waals surface area contributed by atoms with Crippen LogP contribution in [0.25, 0.3) is 0 Å². The lowest BCUT2D eigenvalue weighted by atomic mass is 10.0. The fourth-order valence-electron chi connectivity index (χ4n) is 4.47. The van der Waals surface area contributed by atoms with Crippen molar-refractivity contribution in [3.05, 3.63) is 65.0 Å². The van der Waals surface area contributed by atoms with Crippen molar-refractivity contribution in [3.8, 4) is 6.07 Å². The number of benzene rings is 2. The molecule has 2 aliphatic rings. The number of aryl methyl sites for hydroxylation is 1. The molecule has 1 N–H and O–H groups in total. The first-order chi connectivity index (χ1) is 16.6. The smallest absolute Gasteiger partial charge is 0.254 e. The maximum Gasteiger partial charge on any atom is 0.254 e. The van der Waals surface area contributed by atoms with Gasteiger partial charge in [0, 0.05) is 30.8 Å². The molecule has 0 radical (unpaired) electrons. The third-order valence-electron chi connectivity index (χ3n) is 6.55. The van der Waals surface area contributed by atoms with Crippen molar-refractivity contribution in [1.82, 2.24) is 14.5 Å². The van der Waals surface area contributed by atoms with E-state index in [1.807, 2.05) is 6.07 Å². The number of sulfonamides is 1. The molecule has 2 fully saturated rings. The average Bonchev–Trinajstić information content (AvgIpc) is 3.28. The average molecular weight is 499 g/mol. The first kappa shape index (κ1) is 24.8. The van der Waals surface area contributed by atoms with Gasteiger partial charge in [0.15, 0.2) is 0 Å². The van der Waals surface area contributed by atoms with Crippen LogP contribution in [0.1, 0.15) is 47.3 Å². The maximum absolute atomic E-state index is 14.3. The number of carbonyl (C=O) groups excluding carboxylic acids is 2. The van der Waals surface area contributed by atoms with E-state index < -0.39 is 33.8 Å². The molecule has 35 heavy (non-hydrogen) atoms. The Balaban J connectivity index is 1.48. The van der Waals surface area contributed by atoms with Crippen LogP contribution >= 0.6 is 0 Å². The summed E-state index contributed by atoms with van der Waals surface area (Å²) in [5, 5.41) is 11.7. The minimum Gasteiger partial charge on any atom is -0.348 e. The Morgan fingerprint density at radius 2 is 1.94 bits per heavy atom. The molecule has 2 aliphatic heterocycles. The van der Waals surface area contributed by atoms with Gasteiger partial charge in [-0.2, -0.15) is 9.57 Å². The highest BCUT2D eigenvalue weighted by Crippen LogP contribution is 2.27. The summed E-state index contributed by atoms with van der Waals surface area (Å²) in [6.07, 6.45) is 1.08. The van der Waals surface area contributed by atoms with Gasteiger partial charge in [-0.3, -0.25) is 9.59 Å². The zero-order valence-corrected chi connectivity index (χ0v) is 20.4. The molecular weight excluding hydrogens is 471 g/mol. The summed E-state index contributed by atoms with van der Waals surface area (Å²) in [5.41, 5.74) is 1.31. The van der Waals surface area contributed by atoms with Gasteiger partial charge in [0.25, 0.3) is 5.91 Å². The highest BCUT2D eigenvalue weighted by atomic mass is 32.2. The molecular formula is C25H27FN4O4S. The van der Waals surface area contributed by atoms with Crippen molar-refractivity contribution in [2.24, 2.45) is 5.92 Å². The molecule has 8 nitrogen and oxygen atoms in total. The molecule has 2 saturated heterocycles. The van der Waals surface area contributed by atoms with E-state index >= 15 is 0 Å². The lowest BCUT2D eigenvalue weighted by Crippen LogP contribution is -2.49. The molecule has 2 aromatic carbocycles. The third-order valence-corrected chi connectivity index (χ3v) is 8.37. The number of nitriles is 1. The van der Waals surface area contributed by atoms with Crippen molar-refractivity contribution >= 4 is 21.8 Å². The maximum atomic E-state index is 14.3. The summed E-state index contributed by atoms with van der Waals surface area (Å²) >= 11 is 0. The molecule has 0 aromatic heterocycles. The van der Waals surface area contributed by atoms with Crippen LogP contribution < -0.4 is 5.32 Å². The van der Waals surface area contributed by atoms with E-state index in [1.54, 1.807) is 26.0 Å². The Labute approximate surface area is 204 Å². The summed E-state index contributed by atoms with van der Waals surface area (Å²) in [6.45, 7) is 4.09. The molecule has 2 aromatic rings. The summed E-state index contributed by atoms with van der Waals surface area (Å²) in [5.74, 6) is -1.55. The van der Waals surface area contributed by atoms with Crippen LogP contribution in [-0.4, -0.2) is 55.1 Å². The van der Waals surface area contributed by atoms with Gasteiger partial charge in [0.2, 0.25) is 15.9 Å². The summed E-state index contributed by atoms with van der Waals surface area (Å²) in [6, 6.07) is 11.3. The number of carbonyl (C=O) groups is 2. The van der Waals surface area contributed by atoms with Gasteiger partial charge < -0.3 is 10.2 Å². The molecule has 184 valence electrons. The quantitative estimate of drug-likeness (QED) is 0.659. The van der Waals surface area contributed by atoms with Crippen LogP contribution in [-0.2, 0) is 14.8 Å². The topological polar surface area (TPSA) is 111 Å². The van der Waals surface area contributed by atoms with Crippen molar-refractivity contribution in [2.75, 3.05) is 19.6 Å². The number of hydrogen-bond acceptors (Lipinski definition) is 5. The van der Waals surface area contributed by atoms with Gasteiger partial charge in [-0.05, 0) is 56.5 Å². The van der Waals surface area contributed by atoms with Crippen LogP contribution in [0.3, 0.4) is 0 Å². The first-order valence-electron chi connectivity index (χ1n) is 11.5. The summed E-state index contributed by atoms with van der Waals surface area (Å²) in [7, 11) is -3.81. The van der Waals surface area contributed by atoms with Crippen molar-refractivity contribution < 1.29 is 22.4 Å². The Kier molecular flexibility index (Phi) is 6.92. The predicted molar refractivity (Wildman–Crippen MR) is 126 cm³/mol.